The second-order valence-corrected chi connectivity index (χ2v) is 7.00. The second-order valence-electron chi connectivity index (χ2n) is 5.14. The summed E-state index contributed by atoms with van der Waals surface area (Å²) in [4.78, 5) is 19.7. The summed E-state index contributed by atoms with van der Waals surface area (Å²) in [5.74, 6) is -0.179. The van der Waals surface area contributed by atoms with Gasteiger partial charge in [0.25, 0.3) is 0 Å². The molecule has 2 aromatic rings. The van der Waals surface area contributed by atoms with Crippen LogP contribution in [0.4, 0.5) is 5.13 Å². The van der Waals surface area contributed by atoms with E-state index < -0.39 is 0 Å². The highest BCUT2D eigenvalue weighted by molar-refractivity contribution is 7.13. The zero-order valence-electron chi connectivity index (χ0n) is 11.9. The maximum atomic E-state index is 11.2. The molecule has 3 rings (SSSR count). The van der Waals surface area contributed by atoms with Crippen LogP contribution in [0.1, 0.15) is 29.8 Å². The van der Waals surface area contributed by atoms with Crippen LogP contribution in [0.25, 0.3) is 0 Å². The highest BCUT2D eigenvalue weighted by Crippen LogP contribution is 2.35. The second kappa shape index (κ2) is 6.58. The normalized spacial score (nSPS) is 14.1. The maximum absolute atomic E-state index is 11.2. The first-order valence-electron chi connectivity index (χ1n) is 7.06. The van der Waals surface area contributed by atoms with Gasteiger partial charge in [0.15, 0.2) is 5.13 Å². The zero-order chi connectivity index (χ0) is 14.7. The van der Waals surface area contributed by atoms with Crippen molar-refractivity contribution in [3.8, 4) is 0 Å². The van der Waals surface area contributed by atoms with Crippen molar-refractivity contribution in [2.24, 2.45) is 0 Å². The van der Waals surface area contributed by atoms with Crippen molar-refractivity contribution in [1.82, 2.24) is 4.98 Å². The monoisotopic (exact) mass is 322 g/mol. The first kappa shape index (κ1) is 14.5. The average Bonchev–Trinajstić information content (AvgIpc) is 3.02. The number of carbonyl (C=O) groups excluding carboxylic acids is 1. The van der Waals surface area contributed by atoms with Gasteiger partial charge in [0.2, 0.25) is 0 Å². The molecule has 0 aromatic carbocycles. The Hall–Kier alpha value is -1.40. The number of methoxy groups -OCH3 is 1. The smallest absolute Gasteiger partial charge is 0.305 e. The Balaban J connectivity index is 1.66. The summed E-state index contributed by atoms with van der Waals surface area (Å²) < 4.78 is 4.67. The summed E-state index contributed by atoms with van der Waals surface area (Å²) in [7, 11) is 1.42. The van der Waals surface area contributed by atoms with E-state index in [1.165, 1.54) is 24.8 Å². The molecular weight excluding hydrogens is 304 g/mol. The number of aryl methyl sites for hydroxylation is 1. The third kappa shape index (κ3) is 3.83. The SMILES string of the molecule is COC(=O)CCc1csc(N(Cc2cccs2)C2CC2)n1. The Morgan fingerprint density at radius 1 is 1.48 bits per heavy atom. The minimum absolute atomic E-state index is 0.179. The van der Waals surface area contributed by atoms with E-state index >= 15 is 0 Å². The molecule has 0 bridgehead atoms. The van der Waals surface area contributed by atoms with Gasteiger partial charge in [-0.1, -0.05) is 6.07 Å². The summed E-state index contributed by atoms with van der Waals surface area (Å²) in [5.41, 5.74) is 0.984. The van der Waals surface area contributed by atoms with Crippen LogP contribution >= 0.6 is 22.7 Å². The van der Waals surface area contributed by atoms with E-state index in [0.29, 0.717) is 18.9 Å². The molecule has 1 fully saturated rings. The van der Waals surface area contributed by atoms with Crippen LogP contribution < -0.4 is 4.90 Å². The van der Waals surface area contributed by atoms with Gasteiger partial charge in [-0.25, -0.2) is 4.98 Å². The molecule has 0 aliphatic heterocycles. The van der Waals surface area contributed by atoms with Crippen LogP contribution in [0.5, 0.6) is 0 Å². The van der Waals surface area contributed by atoms with Crippen LogP contribution in [0, 0.1) is 0 Å². The molecule has 0 atom stereocenters. The lowest BCUT2D eigenvalue weighted by molar-refractivity contribution is -0.140. The van der Waals surface area contributed by atoms with Gasteiger partial charge in [-0.05, 0) is 24.3 Å². The van der Waals surface area contributed by atoms with E-state index in [1.807, 2.05) is 0 Å². The van der Waals surface area contributed by atoms with E-state index in [9.17, 15) is 4.79 Å². The first-order valence-corrected chi connectivity index (χ1v) is 8.82. The molecule has 0 radical (unpaired) electrons. The number of carbonyl (C=O) groups is 1. The van der Waals surface area contributed by atoms with Gasteiger partial charge in [0, 0.05) is 22.7 Å². The number of hydrogen-bond donors (Lipinski definition) is 0. The van der Waals surface area contributed by atoms with Crippen molar-refractivity contribution in [1.29, 1.82) is 0 Å². The number of hydrogen-bond acceptors (Lipinski definition) is 6. The van der Waals surface area contributed by atoms with Gasteiger partial charge < -0.3 is 9.64 Å². The van der Waals surface area contributed by atoms with E-state index in [1.54, 1.807) is 22.7 Å². The van der Waals surface area contributed by atoms with Gasteiger partial charge in [-0.2, -0.15) is 0 Å². The molecule has 0 unspecified atom stereocenters. The summed E-state index contributed by atoms with van der Waals surface area (Å²) in [6, 6.07) is 4.90. The van der Waals surface area contributed by atoms with Crippen LogP contribution in [0.2, 0.25) is 0 Å². The molecule has 112 valence electrons. The maximum Gasteiger partial charge on any atom is 0.305 e. The van der Waals surface area contributed by atoms with Crippen LogP contribution in [0.15, 0.2) is 22.9 Å². The largest absolute Gasteiger partial charge is 0.469 e. The zero-order valence-corrected chi connectivity index (χ0v) is 13.6. The van der Waals surface area contributed by atoms with E-state index in [4.69, 9.17) is 4.98 Å². The van der Waals surface area contributed by atoms with Crippen molar-refractivity contribution >= 4 is 33.8 Å². The number of aromatic nitrogens is 1. The fourth-order valence-corrected chi connectivity index (χ4v) is 3.82. The highest BCUT2D eigenvalue weighted by Gasteiger charge is 2.31. The van der Waals surface area contributed by atoms with Crippen LogP contribution in [-0.2, 0) is 22.5 Å². The lowest BCUT2D eigenvalue weighted by atomic mass is 10.2. The number of esters is 1. The molecule has 1 aliphatic rings. The Kier molecular flexibility index (Phi) is 4.55. The summed E-state index contributed by atoms with van der Waals surface area (Å²) in [5, 5.41) is 5.25. The molecule has 6 heteroatoms. The van der Waals surface area contributed by atoms with E-state index in [-0.39, 0.29) is 5.97 Å². The fraction of sp³-hybridized carbons (Fsp3) is 0.467. The minimum atomic E-state index is -0.179. The van der Waals surface area contributed by atoms with Gasteiger partial charge in [0.1, 0.15) is 0 Å². The predicted octanol–water partition coefficient (Wildman–Crippen LogP) is 3.48. The average molecular weight is 322 g/mol. The van der Waals surface area contributed by atoms with Gasteiger partial charge >= 0.3 is 5.97 Å². The Morgan fingerprint density at radius 2 is 2.33 bits per heavy atom. The van der Waals surface area contributed by atoms with Gasteiger partial charge in [-0.15, -0.1) is 22.7 Å². The Labute approximate surface area is 132 Å². The molecular formula is C15H18N2O2S2. The molecule has 4 nitrogen and oxygen atoms in total. The standard InChI is InChI=1S/C15H18N2O2S2/c1-19-14(18)7-4-11-10-21-15(16-11)17(12-5-6-12)9-13-3-2-8-20-13/h2-3,8,10,12H,4-7,9H2,1H3. The van der Waals surface area contributed by atoms with Crippen molar-refractivity contribution in [2.45, 2.75) is 38.3 Å². The van der Waals surface area contributed by atoms with Gasteiger partial charge in [0.05, 0.1) is 25.8 Å². The molecule has 0 N–H and O–H groups in total. The molecule has 1 aliphatic carbocycles. The number of rotatable bonds is 7. The number of thiazole rings is 1. The van der Waals surface area contributed by atoms with Crippen molar-refractivity contribution in [2.75, 3.05) is 12.0 Å². The van der Waals surface area contributed by atoms with E-state index in [2.05, 4.69) is 32.5 Å². The molecule has 2 aromatic heterocycles. The number of nitrogens with zero attached hydrogens (tertiary/aromatic N) is 2. The Bertz CT molecular complexity index is 591. The molecule has 21 heavy (non-hydrogen) atoms. The summed E-state index contributed by atoms with van der Waals surface area (Å²) in [6.45, 7) is 0.937. The summed E-state index contributed by atoms with van der Waals surface area (Å²) in [6.07, 6.45) is 3.56. The van der Waals surface area contributed by atoms with Crippen LogP contribution in [0.3, 0.4) is 0 Å². The topological polar surface area (TPSA) is 42.4 Å². The van der Waals surface area contributed by atoms with Crippen LogP contribution in [-0.4, -0.2) is 24.1 Å². The van der Waals surface area contributed by atoms with Crippen molar-refractivity contribution < 1.29 is 9.53 Å². The number of ether oxygens (including phenoxy) is 1. The number of anilines is 1. The molecule has 0 spiro atoms. The molecule has 0 amide bonds. The highest BCUT2D eigenvalue weighted by atomic mass is 32.1. The lowest BCUT2D eigenvalue weighted by Crippen LogP contribution is -2.24. The predicted molar refractivity (Wildman–Crippen MR) is 86.0 cm³/mol. The first-order chi connectivity index (χ1) is 10.3. The number of thiophene rings is 1. The lowest BCUT2D eigenvalue weighted by Gasteiger charge is -2.20. The van der Waals surface area contributed by atoms with E-state index in [0.717, 1.165) is 17.4 Å². The third-order valence-corrected chi connectivity index (χ3v) is 5.28. The molecule has 2 heterocycles. The minimum Gasteiger partial charge on any atom is -0.469 e. The molecule has 0 saturated heterocycles. The quantitative estimate of drug-likeness (QED) is 0.732. The van der Waals surface area contributed by atoms with Gasteiger partial charge in [-0.3, -0.25) is 4.79 Å². The third-order valence-electron chi connectivity index (χ3n) is 3.49. The Morgan fingerprint density at radius 3 is 3.00 bits per heavy atom. The summed E-state index contributed by atoms with van der Waals surface area (Å²) >= 11 is 3.46. The van der Waals surface area contributed by atoms with Crippen molar-refractivity contribution in [3.05, 3.63) is 33.5 Å². The van der Waals surface area contributed by atoms with Crippen molar-refractivity contribution in [3.63, 3.8) is 0 Å². The molecule has 1 saturated carbocycles. The fourth-order valence-electron chi connectivity index (χ4n) is 2.18.